The number of amides is 1. The molecule has 2 heterocycles. The number of hydrogen-bond donors (Lipinski definition) is 0. The summed E-state index contributed by atoms with van der Waals surface area (Å²) < 4.78 is 7.04. The molecule has 3 rings (SSSR count). The molecule has 1 amide bonds. The maximum atomic E-state index is 13.4. The molecule has 0 spiro atoms. The van der Waals surface area contributed by atoms with Gasteiger partial charge in [0.15, 0.2) is 5.82 Å². The fourth-order valence-corrected chi connectivity index (χ4v) is 3.76. The molecule has 1 aliphatic heterocycles. The van der Waals surface area contributed by atoms with Crippen molar-refractivity contribution < 1.29 is 14.3 Å². The lowest BCUT2D eigenvalue weighted by atomic mass is 9.87. The number of carbonyl (C=O) groups is 2. The molecule has 2 atom stereocenters. The molecule has 0 radical (unpaired) electrons. The van der Waals surface area contributed by atoms with Gasteiger partial charge in [-0.1, -0.05) is 29.3 Å². The van der Waals surface area contributed by atoms with Gasteiger partial charge in [0.25, 0.3) is 0 Å². The second-order valence-electron chi connectivity index (χ2n) is 8.26. The zero-order chi connectivity index (χ0) is 22.2. The van der Waals surface area contributed by atoms with E-state index in [9.17, 15) is 9.59 Å². The SMILES string of the molecule is CC1=Nc2ccnn2C(c2ccc(Cl)c(Cl)c2)C1C(=O)N(C)CC(=O)OC(C)(C)C. The lowest BCUT2D eigenvalue weighted by Crippen LogP contribution is -2.45. The molecular formula is C21H24Cl2N4O3. The number of nitrogens with zero attached hydrogens (tertiary/aromatic N) is 4. The van der Waals surface area contributed by atoms with Crippen LogP contribution in [0.1, 0.15) is 39.3 Å². The van der Waals surface area contributed by atoms with Crippen molar-refractivity contribution in [3.05, 3.63) is 46.1 Å². The molecule has 9 heteroatoms. The zero-order valence-corrected chi connectivity index (χ0v) is 19.0. The molecule has 7 nitrogen and oxygen atoms in total. The van der Waals surface area contributed by atoms with Crippen molar-refractivity contribution in [1.82, 2.24) is 14.7 Å². The summed E-state index contributed by atoms with van der Waals surface area (Å²) in [6, 6.07) is 6.54. The number of ether oxygens (including phenoxy) is 1. The lowest BCUT2D eigenvalue weighted by Gasteiger charge is -2.33. The molecule has 0 N–H and O–H groups in total. The molecule has 0 aliphatic carbocycles. The molecule has 2 unspecified atom stereocenters. The summed E-state index contributed by atoms with van der Waals surface area (Å²) in [6.45, 7) is 6.98. The fraction of sp³-hybridized carbons (Fsp3) is 0.429. The smallest absolute Gasteiger partial charge is 0.326 e. The van der Waals surface area contributed by atoms with Crippen LogP contribution >= 0.6 is 23.2 Å². The first kappa shape index (κ1) is 22.3. The minimum Gasteiger partial charge on any atom is -0.459 e. The lowest BCUT2D eigenvalue weighted by molar-refractivity contribution is -0.158. The van der Waals surface area contributed by atoms with Gasteiger partial charge < -0.3 is 9.64 Å². The Morgan fingerprint density at radius 2 is 1.90 bits per heavy atom. The highest BCUT2D eigenvalue weighted by Crippen LogP contribution is 2.38. The van der Waals surface area contributed by atoms with E-state index < -0.39 is 23.5 Å². The fourth-order valence-electron chi connectivity index (χ4n) is 3.46. The predicted molar refractivity (Wildman–Crippen MR) is 117 cm³/mol. The Morgan fingerprint density at radius 1 is 1.20 bits per heavy atom. The number of likely N-dealkylation sites (N-methyl/N-ethyl adjacent to an activating group) is 1. The van der Waals surface area contributed by atoms with E-state index in [0.29, 0.717) is 21.6 Å². The van der Waals surface area contributed by atoms with E-state index in [1.807, 2.05) is 6.07 Å². The number of carbonyl (C=O) groups excluding carboxylic acids is 2. The Kier molecular flexibility index (Phi) is 6.24. The third kappa shape index (κ3) is 4.68. The second-order valence-corrected chi connectivity index (χ2v) is 9.08. The number of halogens is 2. The highest BCUT2D eigenvalue weighted by Gasteiger charge is 2.40. The van der Waals surface area contributed by atoms with Gasteiger partial charge in [0.2, 0.25) is 5.91 Å². The normalized spacial score (nSPS) is 18.4. The molecule has 0 fully saturated rings. The van der Waals surface area contributed by atoms with E-state index in [0.717, 1.165) is 5.56 Å². The van der Waals surface area contributed by atoms with Gasteiger partial charge in [0.05, 0.1) is 22.3 Å². The standard InChI is InChI=1S/C21H24Cl2N4O3/c1-12-18(20(29)26(5)11-17(28)30-21(2,3)4)19(27-16(25-12)8-9-24-27)13-6-7-14(22)15(23)10-13/h6-10,18-19H,11H2,1-5H3. The largest absolute Gasteiger partial charge is 0.459 e. The van der Waals surface area contributed by atoms with Gasteiger partial charge in [0.1, 0.15) is 18.1 Å². The highest BCUT2D eigenvalue weighted by molar-refractivity contribution is 6.42. The van der Waals surface area contributed by atoms with Gasteiger partial charge in [-0.05, 0) is 45.4 Å². The van der Waals surface area contributed by atoms with Crippen LogP contribution in [0.4, 0.5) is 5.82 Å². The van der Waals surface area contributed by atoms with Crippen molar-refractivity contribution in [2.24, 2.45) is 10.9 Å². The minimum atomic E-state index is -0.665. The van der Waals surface area contributed by atoms with Crippen molar-refractivity contribution in [3.63, 3.8) is 0 Å². The first-order chi connectivity index (χ1) is 14.0. The third-order valence-corrected chi connectivity index (χ3v) is 5.42. The summed E-state index contributed by atoms with van der Waals surface area (Å²) in [7, 11) is 1.57. The second kappa shape index (κ2) is 8.40. The van der Waals surface area contributed by atoms with Crippen molar-refractivity contribution >= 4 is 46.6 Å². The molecule has 1 aliphatic rings. The van der Waals surface area contributed by atoms with Crippen LogP contribution in [0.25, 0.3) is 0 Å². The molecular weight excluding hydrogens is 427 g/mol. The maximum Gasteiger partial charge on any atom is 0.326 e. The first-order valence-corrected chi connectivity index (χ1v) is 10.2. The zero-order valence-electron chi connectivity index (χ0n) is 17.5. The van der Waals surface area contributed by atoms with E-state index in [-0.39, 0.29) is 12.5 Å². The Bertz CT molecular complexity index is 1010. The number of fused-ring (bicyclic) bond motifs is 1. The summed E-state index contributed by atoms with van der Waals surface area (Å²) in [6.07, 6.45) is 1.63. The molecule has 0 bridgehead atoms. The Labute approximate surface area is 185 Å². The molecule has 2 aromatic rings. The average molecular weight is 451 g/mol. The number of benzene rings is 1. The average Bonchev–Trinajstić information content (AvgIpc) is 3.08. The Balaban J connectivity index is 1.95. The van der Waals surface area contributed by atoms with Crippen LogP contribution < -0.4 is 0 Å². The summed E-state index contributed by atoms with van der Waals surface area (Å²) in [5.74, 6) is -0.765. The van der Waals surface area contributed by atoms with Crippen LogP contribution in [0.5, 0.6) is 0 Å². The van der Waals surface area contributed by atoms with Crippen molar-refractivity contribution in [2.75, 3.05) is 13.6 Å². The van der Waals surface area contributed by atoms with E-state index in [2.05, 4.69) is 10.1 Å². The summed E-state index contributed by atoms with van der Waals surface area (Å²) >= 11 is 12.3. The molecule has 30 heavy (non-hydrogen) atoms. The number of aromatic nitrogens is 2. The number of hydrogen-bond acceptors (Lipinski definition) is 5. The van der Waals surface area contributed by atoms with Crippen molar-refractivity contribution in [1.29, 1.82) is 0 Å². The third-order valence-electron chi connectivity index (χ3n) is 4.68. The van der Waals surface area contributed by atoms with Crippen LogP contribution in [0, 0.1) is 5.92 Å². The van der Waals surface area contributed by atoms with E-state index in [4.69, 9.17) is 27.9 Å². The van der Waals surface area contributed by atoms with E-state index in [1.165, 1.54) is 4.90 Å². The molecule has 160 valence electrons. The summed E-state index contributed by atoms with van der Waals surface area (Å²) in [5, 5.41) is 5.18. The van der Waals surface area contributed by atoms with E-state index >= 15 is 0 Å². The van der Waals surface area contributed by atoms with E-state index in [1.54, 1.807) is 63.8 Å². The van der Waals surface area contributed by atoms with Gasteiger partial charge >= 0.3 is 5.97 Å². The van der Waals surface area contributed by atoms with Crippen LogP contribution in [-0.4, -0.2) is 51.5 Å². The monoisotopic (exact) mass is 450 g/mol. The number of esters is 1. The summed E-state index contributed by atoms with van der Waals surface area (Å²) in [4.78, 5) is 31.5. The maximum absolute atomic E-state index is 13.4. The van der Waals surface area contributed by atoms with Gasteiger partial charge in [-0.15, -0.1) is 0 Å². The number of aliphatic imine (C=N–C) groups is 1. The topological polar surface area (TPSA) is 76.8 Å². The molecule has 0 saturated heterocycles. The van der Waals surface area contributed by atoms with Crippen LogP contribution in [-0.2, 0) is 14.3 Å². The van der Waals surface area contributed by atoms with Crippen molar-refractivity contribution in [2.45, 2.75) is 39.3 Å². The van der Waals surface area contributed by atoms with Gasteiger partial charge in [-0.3, -0.25) is 9.59 Å². The summed E-state index contributed by atoms with van der Waals surface area (Å²) in [5.41, 5.74) is 0.767. The molecule has 1 aromatic carbocycles. The van der Waals surface area contributed by atoms with Gasteiger partial charge in [-0.2, -0.15) is 5.10 Å². The Hall–Kier alpha value is -2.38. The quantitative estimate of drug-likeness (QED) is 0.650. The number of rotatable bonds is 4. The van der Waals surface area contributed by atoms with Crippen LogP contribution in [0.3, 0.4) is 0 Å². The molecule has 1 aromatic heterocycles. The van der Waals surface area contributed by atoms with Crippen molar-refractivity contribution in [3.8, 4) is 0 Å². The minimum absolute atomic E-state index is 0.167. The van der Waals surface area contributed by atoms with Crippen LogP contribution in [0.15, 0.2) is 35.5 Å². The molecule has 0 saturated carbocycles. The Morgan fingerprint density at radius 3 is 2.53 bits per heavy atom. The predicted octanol–water partition coefficient (Wildman–Crippen LogP) is 4.30. The van der Waals surface area contributed by atoms with Crippen LogP contribution in [0.2, 0.25) is 10.0 Å². The van der Waals surface area contributed by atoms with Gasteiger partial charge in [-0.25, -0.2) is 9.67 Å². The highest BCUT2D eigenvalue weighted by atomic mass is 35.5. The van der Waals surface area contributed by atoms with Gasteiger partial charge in [0, 0.05) is 18.8 Å². The first-order valence-electron chi connectivity index (χ1n) is 9.48.